The number of hydrogen-bond donors (Lipinski definition) is 3. The number of carboxylic acids is 2. The molecule has 0 unspecified atom stereocenters. The predicted molar refractivity (Wildman–Crippen MR) is 81.4 cm³/mol. The number of carbonyl (C=O) groups is 2. The van der Waals surface area contributed by atoms with Gasteiger partial charge in [0.25, 0.3) is 0 Å². The Bertz CT molecular complexity index is 370. The molecule has 0 fully saturated rings. The van der Waals surface area contributed by atoms with Gasteiger partial charge in [0.1, 0.15) is 5.70 Å². The molecule has 128 valence electrons. The standard InChI is InChI=1S/C13H25NO7Si/c1-4-19-22(20-5-2,21-6-3)9-7-8-14-11(13(17)18)10-12(15)16/h10,14H,4-9H2,1-3H3,(H,15,16)(H,17,18). The Kier molecular flexibility index (Phi) is 10.5. The molecule has 0 bridgehead atoms. The summed E-state index contributed by atoms with van der Waals surface area (Å²) in [4.78, 5) is 21.4. The average Bonchev–Trinajstić information content (AvgIpc) is 2.42. The van der Waals surface area contributed by atoms with E-state index in [1.165, 1.54) is 0 Å². The van der Waals surface area contributed by atoms with Crippen LogP contribution in [-0.2, 0) is 22.9 Å². The number of hydrogen-bond acceptors (Lipinski definition) is 6. The maximum Gasteiger partial charge on any atom is 0.500 e. The highest BCUT2D eigenvalue weighted by molar-refractivity contribution is 6.60. The van der Waals surface area contributed by atoms with Crippen LogP contribution in [0, 0.1) is 0 Å². The fraction of sp³-hybridized carbons (Fsp3) is 0.692. The van der Waals surface area contributed by atoms with Crippen molar-refractivity contribution in [3.8, 4) is 0 Å². The fourth-order valence-electron chi connectivity index (χ4n) is 1.84. The molecule has 22 heavy (non-hydrogen) atoms. The Balaban J connectivity index is 4.54. The maximum atomic E-state index is 10.9. The Morgan fingerprint density at radius 2 is 1.55 bits per heavy atom. The SMILES string of the molecule is CCO[Si](CCCNC(=CC(=O)O)C(=O)O)(OCC)OCC. The van der Waals surface area contributed by atoms with Crippen LogP contribution in [0.4, 0.5) is 0 Å². The molecule has 0 aromatic heterocycles. The van der Waals surface area contributed by atoms with Gasteiger partial charge in [-0.05, 0) is 27.2 Å². The Labute approximate surface area is 131 Å². The molecule has 0 aliphatic rings. The zero-order valence-corrected chi connectivity index (χ0v) is 14.3. The van der Waals surface area contributed by atoms with E-state index >= 15 is 0 Å². The molecule has 8 nitrogen and oxygen atoms in total. The van der Waals surface area contributed by atoms with Crippen molar-refractivity contribution in [2.45, 2.75) is 33.2 Å². The van der Waals surface area contributed by atoms with Gasteiger partial charge in [-0.1, -0.05) is 0 Å². The highest BCUT2D eigenvalue weighted by Gasteiger charge is 2.39. The van der Waals surface area contributed by atoms with Crippen LogP contribution in [0.5, 0.6) is 0 Å². The first kappa shape index (κ1) is 20.6. The van der Waals surface area contributed by atoms with Crippen molar-refractivity contribution in [3.05, 3.63) is 11.8 Å². The summed E-state index contributed by atoms with van der Waals surface area (Å²) >= 11 is 0. The van der Waals surface area contributed by atoms with Crippen molar-refractivity contribution in [1.82, 2.24) is 5.32 Å². The van der Waals surface area contributed by atoms with Crippen molar-refractivity contribution >= 4 is 20.7 Å². The molecule has 0 saturated carbocycles. The second-order valence-corrected chi connectivity index (χ2v) is 6.95. The van der Waals surface area contributed by atoms with Gasteiger partial charge in [0.15, 0.2) is 0 Å². The van der Waals surface area contributed by atoms with Gasteiger partial charge in [0, 0.05) is 32.4 Å². The van der Waals surface area contributed by atoms with Gasteiger partial charge in [0.2, 0.25) is 0 Å². The van der Waals surface area contributed by atoms with E-state index < -0.39 is 20.7 Å². The topological polar surface area (TPSA) is 114 Å². The first-order valence-corrected chi connectivity index (χ1v) is 9.17. The second kappa shape index (κ2) is 11.2. The van der Waals surface area contributed by atoms with Gasteiger partial charge in [-0.3, -0.25) is 0 Å². The highest BCUT2D eigenvalue weighted by atomic mass is 28.4. The second-order valence-electron chi connectivity index (χ2n) is 4.21. The third-order valence-corrected chi connectivity index (χ3v) is 5.72. The number of rotatable bonds is 13. The summed E-state index contributed by atoms with van der Waals surface area (Å²) in [7, 11) is -2.75. The highest BCUT2D eigenvalue weighted by Crippen LogP contribution is 2.17. The van der Waals surface area contributed by atoms with E-state index in [1.54, 1.807) is 0 Å². The van der Waals surface area contributed by atoms with Crippen LogP contribution in [0.15, 0.2) is 11.8 Å². The summed E-state index contributed by atoms with van der Waals surface area (Å²) in [5.41, 5.74) is -0.357. The molecule has 0 aromatic carbocycles. The smallest absolute Gasteiger partial charge is 0.478 e. The molecule has 0 rings (SSSR count). The molecule has 0 atom stereocenters. The molecule has 0 heterocycles. The van der Waals surface area contributed by atoms with E-state index in [9.17, 15) is 9.59 Å². The van der Waals surface area contributed by atoms with E-state index in [1.807, 2.05) is 20.8 Å². The van der Waals surface area contributed by atoms with Gasteiger partial charge in [-0.15, -0.1) is 0 Å². The molecule has 0 spiro atoms. The zero-order valence-electron chi connectivity index (χ0n) is 13.3. The molecular weight excluding hydrogens is 310 g/mol. The molecule has 0 amide bonds. The molecule has 9 heteroatoms. The number of carboxylic acid groups (broad SMARTS) is 2. The minimum absolute atomic E-state index is 0.285. The Hall–Kier alpha value is -1.42. The first-order chi connectivity index (χ1) is 10.4. The third-order valence-electron chi connectivity index (χ3n) is 2.57. The number of aliphatic carboxylic acids is 2. The zero-order chi connectivity index (χ0) is 17.0. The molecule has 0 aromatic rings. The summed E-state index contributed by atoms with van der Waals surface area (Å²) in [6.07, 6.45) is 1.16. The summed E-state index contributed by atoms with van der Waals surface area (Å²) in [6.45, 7) is 7.27. The van der Waals surface area contributed by atoms with Gasteiger partial charge in [-0.2, -0.15) is 0 Å². The summed E-state index contributed by atoms with van der Waals surface area (Å²) in [5, 5.41) is 20.1. The molecule has 0 radical (unpaired) electrons. The molecule has 0 aliphatic heterocycles. The Morgan fingerprint density at radius 1 is 1.05 bits per heavy atom. The lowest BCUT2D eigenvalue weighted by molar-refractivity contribution is -0.135. The normalized spacial score (nSPS) is 12.2. The largest absolute Gasteiger partial charge is 0.500 e. The van der Waals surface area contributed by atoms with Crippen LogP contribution in [0.1, 0.15) is 27.2 Å². The minimum atomic E-state index is -2.75. The Morgan fingerprint density at radius 3 is 1.91 bits per heavy atom. The van der Waals surface area contributed by atoms with Crippen molar-refractivity contribution < 1.29 is 33.1 Å². The lowest BCUT2D eigenvalue weighted by atomic mass is 10.3. The van der Waals surface area contributed by atoms with Gasteiger partial charge in [-0.25, -0.2) is 9.59 Å². The molecule has 3 N–H and O–H groups in total. The van der Waals surface area contributed by atoms with Crippen LogP contribution in [0.2, 0.25) is 6.04 Å². The monoisotopic (exact) mass is 335 g/mol. The predicted octanol–water partition coefficient (Wildman–Crippen LogP) is 1.07. The quantitative estimate of drug-likeness (QED) is 0.260. The number of nitrogens with one attached hydrogen (secondary N) is 1. The van der Waals surface area contributed by atoms with Crippen LogP contribution in [0.3, 0.4) is 0 Å². The van der Waals surface area contributed by atoms with Crippen molar-refractivity contribution in [2.75, 3.05) is 26.4 Å². The van der Waals surface area contributed by atoms with Gasteiger partial charge in [0.05, 0.1) is 6.08 Å². The van der Waals surface area contributed by atoms with E-state index in [0.717, 1.165) is 0 Å². The fourth-order valence-corrected chi connectivity index (χ4v) is 4.45. The lowest BCUT2D eigenvalue weighted by Crippen LogP contribution is -2.46. The minimum Gasteiger partial charge on any atom is -0.478 e. The van der Waals surface area contributed by atoms with Crippen molar-refractivity contribution in [1.29, 1.82) is 0 Å². The van der Waals surface area contributed by atoms with E-state index in [2.05, 4.69) is 5.32 Å². The van der Waals surface area contributed by atoms with Gasteiger partial charge >= 0.3 is 20.7 Å². The summed E-state index contributed by atoms with van der Waals surface area (Å²) in [5.74, 6) is -2.63. The van der Waals surface area contributed by atoms with Crippen molar-refractivity contribution in [2.24, 2.45) is 0 Å². The van der Waals surface area contributed by atoms with E-state index in [4.69, 9.17) is 23.5 Å². The van der Waals surface area contributed by atoms with Crippen LogP contribution >= 0.6 is 0 Å². The molecular formula is C13H25NO7Si. The van der Waals surface area contributed by atoms with Crippen LogP contribution in [0.25, 0.3) is 0 Å². The van der Waals surface area contributed by atoms with E-state index in [-0.39, 0.29) is 12.2 Å². The maximum absolute atomic E-state index is 10.9. The summed E-state index contributed by atoms with van der Waals surface area (Å²) < 4.78 is 17.0. The van der Waals surface area contributed by atoms with Crippen LogP contribution < -0.4 is 5.32 Å². The van der Waals surface area contributed by atoms with Crippen LogP contribution in [-0.4, -0.2) is 57.3 Å². The molecule has 0 saturated heterocycles. The van der Waals surface area contributed by atoms with E-state index in [0.29, 0.717) is 38.4 Å². The van der Waals surface area contributed by atoms with Gasteiger partial charge < -0.3 is 28.8 Å². The summed E-state index contributed by atoms with van der Waals surface area (Å²) in [6, 6.07) is 0.523. The average molecular weight is 335 g/mol. The lowest BCUT2D eigenvalue weighted by Gasteiger charge is -2.28. The molecule has 0 aliphatic carbocycles. The third kappa shape index (κ3) is 8.13. The first-order valence-electron chi connectivity index (χ1n) is 7.24. The van der Waals surface area contributed by atoms with Crippen molar-refractivity contribution in [3.63, 3.8) is 0 Å².